The summed E-state index contributed by atoms with van der Waals surface area (Å²) in [6.07, 6.45) is 3.43. The van der Waals surface area contributed by atoms with Crippen molar-refractivity contribution in [3.05, 3.63) is 59.9 Å². The number of hydrazone groups is 1. The molecule has 110 valence electrons. The molecular weight excluding hydrogens is 284 g/mol. The maximum absolute atomic E-state index is 5.97. The molecule has 21 heavy (non-hydrogen) atoms. The van der Waals surface area contributed by atoms with E-state index in [1.165, 1.54) is 17.1 Å². The first kappa shape index (κ1) is 15.3. The molecule has 2 rings (SSSR count). The van der Waals surface area contributed by atoms with E-state index in [-0.39, 0.29) is 0 Å². The molecule has 0 aliphatic heterocycles. The molecule has 0 amide bonds. The highest BCUT2D eigenvalue weighted by molar-refractivity contribution is 7.97. The summed E-state index contributed by atoms with van der Waals surface area (Å²) in [4.78, 5) is 5.06. The largest absolute Gasteiger partial charge is 0.382 e. The number of nitrogens with one attached hydrogen (secondary N) is 1. The van der Waals surface area contributed by atoms with Crippen LogP contribution in [0.2, 0.25) is 0 Å². The van der Waals surface area contributed by atoms with Crippen LogP contribution >= 0.6 is 11.9 Å². The van der Waals surface area contributed by atoms with Gasteiger partial charge in [-0.1, -0.05) is 12.1 Å². The van der Waals surface area contributed by atoms with E-state index < -0.39 is 0 Å². The molecule has 2 aromatic rings. The van der Waals surface area contributed by atoms with E-state index in [2.05, 4.69) is 14.8 Å². The van der Waals surface area contributed by atoms with Crippen LogP contribution in [0.3, 0.4) is 0 Å². The molecule has 0 aliphatic rings. The fraction of sp³-hybridized carbons (Fsp3) is 0.143. The van der Waals surface area contributed by atoms with Gasteiger partial charge < -0.3 is 5.73 Å². The van der Waals surface area contributed by atoms with Crippen LogP contribution in [0, 0.1) is 0 Å². The number of nitrogens with zero attached hydrogens (tertiary/aromatic N) is 3. The van der Waals surface area contributed by atoms with E-state index in [9.17, 15) is 0 Å². The molecule has 0 spiro atoms. The first-order chi connectivity index (χ1) is 10.2. The zero-order chi connectivity index (χ0) is 15.1. The average molecular weight is 302 g/mol. The molecule has 0 unspecified atom stereocenters. The second-order valence-corrected chi connectivity index (χ2v) is 5.35. The molecule has 5 N–H and O–H groups in total. The molecule has 6 nitrogen and oxygen atoms in total. The van der Waals surface area contributed by atoms with Crippen molar-refractivity contribution in [3.8, 4) is 0 Å². The van der Waals surface area contributed by atoms with Gasteiger partial charge in [0.2, 0.25) is 0 Å². The Hall–Kier alpha value is -2.09. The van der Waals surface area contributed by atoms with Crippen molar-refractivity contribution < 1.29 is 0 Å². The highest BCUT2D eigenvalue weighted by atomic mass is 32.2. The van der Waals surface area contributed by atoms with Gasteiger partial charge >= 0.3 is 0 Å². The first-order valence-electron chi connectivity index (χ1n) is 6.38. The molecule has 1 aromatic carbocycles. The number of nitrogens with two attached hydrogens (primary N) is 2. The number of aromatic nitrogens is 1. The fourth-order valence-electron chi connectivity index (χ4n) is 1.72. The third-order valence-corrected chi connectivity index (χ3v) is 3.41. The van der Waals surface area contributed by atoms with Crippen LogP contribution in [0.1, 0.15) is 11.1 Å². The zero-order valence-corrected chi connectivity index (χ0v) is 12.5. The van der Waals surface area contributed by atoms with Gasteiger partial charge in [-0.3, -0.25) is 9.71 Å². The summed E-state index contributed by atoms with van der Waals surface area (Å²) >= 11 is 1.54. The van der Waals surface area contributed by atoms with E-state index in [1.54, 1.807) is 12.4 Å². The van der Waals surface area contributed by atoms with Gasteiger partial charge in [-0.05, 0) is 48.8 Å². The molecule has 1 heterocycles. The maximum atomic E-state index is 5.97. The lowest BCUT2D eigenvalue weighted by molar-refractivity contribution is 0.290. The minimum atomic E-state index is 0.382. The van der Waals surface area contributed by atoms with E-state index >= 15 is 0 Å². The lowest BCUT2D eigenvalue weighted by Gasteiger charge is -2.13. The number of hydrogen-bond acceptors (Lipinski definition) is 6. The molecule has 0 bridgehead atoms. The molecule has 0 saturated carbocycles. The van der Waals surface area contributed by atoms with Crippen molar-refractivity contribution in [2.24, 2.45) is 16.7 Å². The monoisotopic (exact) mass is 302 g/mol. The Morgan fingerprint density at radius 2 is 1.90 bits per heavy atom. The van der Waals surface area contributed by atoms with Crippen molar-refractivity contribution in [3.63, 3.8) is 0 Å². The molecule has 0 fully saturated rings. The van der Waals surface area contributed by atoms with Crippen LogP contribution in [0.15, 0.2) is 58.8 Å². The van der Waals surface area contributed by atoms with E-state index in [4.69, 9.17) is 11.6 Å². The summed E-state index contributed by atoms with van der Waals surface area (Å²) in [5.74, 6) is 6.23. The Kier molecular flexibility index (Phi) is 5.56. The Balaban J connectivity index is 2.02. The Morgan fingerprint density at radius 3 is 2.52 bits per heavy atom. The number of hydrogen-bond donors (Lipinski definition) is 3. The molecule has 0 atom stereocenters. The Morgan fingerprint density at radius 1 is 1.24 bits per heavy atom. The van der Waals surface area contributed by atoms with Crippen LogP contribution < -0.4 is 16.3 Å². The Labute approximate surface area is 128 Å². The summed E-state index contributed by atoms with van der Waals surface area (Å²) in [6, 6.07) is 11.5. The van der Waals surface area contributed by atoms with Crippen molar-refractivity contribution in [1.82, 2.24) is 14.8 Å². The van der Waals surface area contributed by atoms with Gasteiger partial charge in [-0.15, -0.1) is 5.10 Å². The standard InChI is InChI=1S/C14H18N6S/c1-17-21-13-4-2-12(3-5-13)14(15)19-20(16)10-11-6-8-18-9-7-11/h2-9,17H,10,16H2,1H3,(H2,15,19). The zero-order valence-electron chi connectivity index (χ0n) is 11.7. The topological polar surface area (TPSA) is 92.6 Å². The third-order valence-electron chi connectivity index (χ3n) is 2.70. The van der Waals surface area contributed by atoms with Gasteiger partial charge in [0.15, 0.2) is 5.84 Å². The third kappa shape index (κ3) is 4.75. The maximum Gasteiger partial charge on any atom is 0.152 e. The minimum absolute atomic E-state index is 0.382. The van der Waals surface area contributed by atoms with Crippen LogP contribution in [0.25, 0.3) is 0 Å². The quantitative estimate of drug-likeness (QED) is 0.245. The highest BCUT2D eigenvalue weighted by Gasteiger charge is 2.02. The summed E-state index contributed by atoms with van der Waals surface area (Å²) < 4.78 is 3.01. The van der Waals surface area contributed by atoms with E-state index in [0.29, 0.717) is 12.4 Å². The summed E-state index contributed by atoms with van der Waals surface area (Å²) in [7, 11) is 1.87. The van der Waals surface area contributed by atoms with Crippen molar-refractivity contribution >= 4 is 17.8 Å². The summed E-state index contributed by atoms with van der Waals surface area (Å²) in [6.45, 7) is 0.469. The molecule has 0 aliphatic carbocycles. The van der Waals surface area contributed by atoms with E-state index in [0.717, 1.165) is 16.0 Å². The van der Waals surface area contributed by atoms with Gasteiger partial charge in [0.05, 0.1) is 6.54 Å². The van der Waals surface area contributed by atoms with Crippen molar-refractivity contribution in [2.75, 3.05) is 7.05 Å². The first-order valence-corrected chi connectivity index (χ1v) is 7.20. The lowest BCUT2D eigenvalue weighted by atomic mass is 10.2. The number of rotatable bonds is 6. The Bertz CT molecular complexity index is 584. The molecular formula is C14H18N6S. The minimum Gasteiger partial charge on any atom is -0.382 e. The van der Waals surface area contributed by atoms with Gasteiger partial charge in [0, 0.05) is 22.9 Å². The lowest BCUT2D eigenvalue weighted by Crippen LogP contribution is -2.29. The average Bonchev–Trinajstić information content (AvgIpc) is 2.49. The second kappa shape index (κ2) is 7.63. The van der Waals surface area contributed by atoms with Crippen LogP contribution in [0.4, 0.5) is 0 Å². The van der Waals surface area contributed by atoms with Gasteiger partial charge in [0.25, 0.3) is 0 Å². The van der Waals surface area contributed by atoms with Crippen LogP contribution in [0.5, 0.6) is 0 Å². The SMILES string of the molecule is CNSc1ccc(/C(N)=N/N(N)Cc2ccncc2)cc1. The molecule has 7 heteroatoms. The molecule has 0 saturated heterocycles. The number of benzene rings is 1. The summed E-state index contributed by atoms with van der Waals surface area (Å²) in [5, 5.41) is 5.50. The van der Waals surface area contributed by atoms with Gasteiger partial charge in [-0.25, -0.2) is 11.0 Å². The number of amidine groups is 1. The number of hydrazine groups is 1. The smallest absolute Gasteiger partial charge is 0.152 e. The molecule has 1 aromatic heterocycles. The summed E-state index contributed by atoms with van der Waals surface area (Å²) in [5.41, 5.74) is 7.82. The van der Waals surface area contributed by atoms with Crippen LogP contribution in [-0.4, -0.2) is 23.0 Å². The van der Waals surface area contributed by atoms with Crippen molar-refractivity contribution in [1.29, 1.82) is 0 Å². The second-order valence-electron chi connectivity index (χ2n) is 4.27. The predicted octanol–water partition coefficient (Wildman–Crippen LogP) is 1.30. The number of pyridine rings is 1. The normalized spacial score (nSPS) is 11.4. The van der Waals surface area contributed by atoms with Gasteiger partial charge in [0.1, 0.15) is 0 Å². The van der Waals surface area contributed by atoms with Gasteiger partial charge in [-0.2, -0.15) is 0 Å². The van der Waals surface area contributed by atoms with Crippen LogP contribution in [-0.2, 0) is 6.54 Å². The van der Waals surface area contributed by atoms with E-state index in [1.807, 2.05) is 43.4 Å². The van der Waals surface area contributed by atoms with Crippen molar-refractivity contribution in [2.45, 2.75) is 11.4 Å². The predicted molar refractivity (Wildman–Crippen MR) is 86.1 cm³/mol. The fourth-order valence-corrected chi connectivity index (χ4v) is 2.23. The highest BCUT2D eigenvalue weighted by Crippen LogP contribution is 2.14. The molecule has 0 radical (unpaired) electrons.